The molecular formula is C25H20BrClFN3O3. The first-order valence-corrected chi connectivity index (χ1v) is 11.5. The number of carbonyl (C=O) groups is 1. The fourth-order valence-corrected chi connectivity index (χ4v) is 3.91. The third-order valence-corrected chi connectivity index (χ3v) is 5.86. The summed E-state index contributed by atoms with van der Waals surface area (Å²) in [6, 6.07) is 15.4. The minimum atomic E-state index is -0.479. The van der Waals surface area contributed by atoms with Gasteiger partial charge in [-0.05, 0) is 58.2 Å². The summed E-state index contributed by atoms with van der Waals surface area (Å²) in [7, 11) is 0. The molecule has 4 rings (SSSR count). The van der Waals surface area contributed by atoms with Crippen LogP contribution in [0.25, 0.3) is 0 Å². The van der Waals surface area contributed by atoms with Crippen molar-refractivity contribution < 1.29 is 18.3 Å². The predicted octanol–water partition coefficient (Wildman–Crippen LogP) is 6.64. The Morgan fingerprint density at radius 1 is 1.24 bits per heavy atom. The topological polar surface area (TPSA) is 69.3 Å². The van der Waals surface area contributed by atoms with Crippen LogP contribution in [-0.4, -0.2) is 15.7 Å². The van der Waals surface area contributed by atoms with E-state index < -0.39 is 11.7 Å². The molecule has 4 aromatic rings. The van der Waals surface area contributed by atoms with E-state index >= 15 is 0 Å². The van der Waals surface area contributed by atoms with Gasteiger partial charge in [-0.15, -0.1) is 6.58 Å². The van der Waals surface area contributed by atoms with Crippen molar-refractivity contribution in [1.82, 2.24) is 9.78 Å². The first-order chi connectivity index (χ1) is 16.4. The van der Waals surface area contributed by atoms with Crippen LogP contribution in [0.3, 0.4) is 0 Å². The molecule has 0 atom stereocenters. The average Bonchev–Trinajstić information content (AvgIpc) is 3.43. The molecule has 6 nitrogen and oxygen atoms in total. The van der Waals surface area contributed by atoms with Gasteiger partial charge < -0.3 is 14.5 Å². The van der Waals surface area contributed by atoms with Crippen LogP contribution in [-0.2, 0) is 19.6 Å². The Morgan fingerprint density at radius 2 is 2.06 bits per heavy atom. The van der Waals surface area contributed by atoms with Gasteiger partial charge >= 0.3 is 0 Å². The van der Waals surface area contributed by atoms with E-state index in [2.05, 4.69) is 32.9 Å². The zero-order valence-electron chi connectivity index (χ0n) is 17.9. The van der Waals surface area contributed by atoms with E-state index in [1.54, 1.807) is 24.4 Å². The summed E-state index contributed by atoms with van der Waals surface area (Å²) >= 11 is 9.45. The van der Waals surface area contributed by atoms with Crippen LogP contribution in [0.5, 0.6) is 5.75 Å². The Bertz CT molecular complexity index is 1310. The number of rotatable bonds is 9. The lowest BCUT2D eigenvalue weighted by Crippen LogP contribution is -2.12. The van der Waals surface area contributed by atoms with Crippen molar-refractivity contribution in [3.05, 3.63) is 111 Å². The number of hydrogen-bond donors (Lipinski definition) is 1. The number of nitrogens with one attached hydrogen (secondary N) is 1. The van der Waals surface area contributed by atoms with Crippen LogP contribution in [0, 0.1) is 5.82 Å². The fraction of sp³-hybridized carbons (Fsp3) is 0.120. The molecule has 0 aliphatic heterocycles. The zero-order chi connectivity index (χ0) is 24.1. The molecule has 0 bridgehead atoms. The maximum atomic E-state index is 14.1. The van der Waals surface area contributed by atoms with Gasteiger partial charge in [0, 0.05) is 16.8 Å². The van der Waals surface area contributed by atoms with Crippen LogP contribution in [0.4, 0.5) is 10.2 Å². The summed E-state index contributed by atoms with van der Waals surface area (Å²) in [4.78, 5) is 12.7. The highest BCUT2D eigenvalue weighted by Gasteiger charge is 2.17. The second-order valence-corrected chi connectivity index (χ2v) is 8.59. The summed E-state index contributed by atoms with van der Waals surface area (Å²) < 4.78 is 27.6. The second kappa shape index (κ2) is 10.7. The van der Waals surface area contributed by atoms with E-state index in [1.807, 2.05) is 30.3 Å². The number of halogens is 3. The fourth-order valence-electron chi connectivity index (χ4n) is 3.27. The highest BCUT2D eigenvalue weighted by atomic mass is 79.9. The van der Waals surface area contributed by atoms with E-state index in [4.69, 9.17) is 20.8 Å². The van der Waals surface area contributed by atoms with Crippen LogP contribution in [0.1, 0.15) is 27.4 Å². The standard InChI is InChI=1S/C25H20BrClFN3O3/c1-2-6-16-7-3-4-10-22(16)33-15-17-11-12-23(34-17)25(32)29-24-19(26)14-31(30-24)13-18-20(27)8-5-9-21(18)28/h2-5,7-12,14H,1,6,13,15H2,(H,29,30,32). The van der Waals surface area contributed by atoms with Gasteiger partial charge in [0.15, 0.2) is 11.6 Å². The molecule has 2 aromatic carbocycles. The van der Waals surface area contributed by atoms with Gasteiger partial charge in [0.05, 0.1) is 11.0 Å². The van der Waals surface area contributed by atoms with Crippen molar-refractivity contribution in [3.63, 3.8) is 0 Å². The van der Waals surface area contributed by atoms with Crippen molar-refractivity contribution in [2.45, 2.75) is 19.6 Å². The minimum absolute atomic E-state index is 0.107. The maximum Gasteiger partial charge on any atom is 0.292 e. The molecule has 0 aliphatic rings. The van der Waals surface area contributed by atoms with Crippen molar-refractivity contribution in [2.24, 2.45) is 0 Å². The van der Waals surface area contributed by atoms with E-state index in [9.17, 15) is 9.18 Å². The Hall–Kier alpha value is -3.36. The first kappa shape index (κ1) is 23.8. The summed E-state index contributed by atoms with van der Waals surface area (Å²) in [5.74, 6) is 0.698. The van der Waals surface area contributed by atoms with Gasteiger partial charge in [0.1, 0.15) is 23.9 Å². The van der Waals surface area contributed by atoms with E-state index in [-0.39, 0.29) is 24.7 Å². The minimum Gasteiger partial charge on any atom is -0.485 e. The molecular weight excluding hydrogens is 525 g/mol. The lowest BCUT2D eigenvalue weighted by molar-refractivity contribution is 0.0992. The maximum absolute atomic E-state index is 14.1. The average molecular weight is 545 g/mol. The number of nitrogens with zero attached hydrogens (tertiary/aromatic N) is 2. The van der Waals surface area contributed by atoms with Crippen molar-refractivity contribution in [2.75, 3.05) is 5.32 Å². The molecule has 174 valence electrons. The van der Waals surface area contributed by atoms with Crippen molar-refractivity contribution in [3.8, 4) is 5.75 Å². The van der Waals surface area contributed by atoms with Gasteiger partial charge in [-0.25, -0.2) is 4.39 Å². The smallest absolute Gasteiger partial charge is 0.292 e. The van der Waals surface area contributed by atoms with Crippen LogP contribution >= 0.6 is 27.5 Å². The number of amides is 1. The zero-order valence-corrected chi connectivity index (χ0v) is 20.3. The number of furan rings is 1. The Morgan fingerprint density at radius 3 is 2.85 bits per heavy atom. The monoisotopic (exact) mass is 543 g/mol. The SMILES string of the molecule is C=CCc1ccccc1OCc1ccc(C(=O)Nc2nn(Cc3c(F)cccc3Cl)cc2Br)o1. The number of carbonyl (C=O) groups excluding carboxylic acids is 1. The molecule has 0 spiro atoms. The molecule has 2 heterocycles. The quantitative estimate of drug-likeness (QED) is 0.240. The van der Waals surface area contributed by atoms with E-state index in [0.717, 1.165) is 11.3 Å². The molecule has 1 amide bonds. The first-order valence-electron chi connectivity index (χ1n) is 10.3. The number of para-hydroxylation sites is 1. The molecule has 34 heavy (non-hydrogen) atoms. The molecule has 0 saturated carbocycles. The number of hydrogen-bond acceptors (Lipinski definition) is 4. The third kappa shape index (κ3) is 5.58. The summed E-state index contributed by atoms with van der Waals surface area (Å²) in [5, 5.41) is 7.29. The van der Waals surface area contributed by atoms with Gasteiger partial charge in [0.25, 0.3) is 5.91 Å². The second-order valence-electron chi connectivity index (χ2n) is 7.33. The molecule has 1 N–H and O–H groups in total. The lowest BCUT2D eigenvalue weighted by Gasteiger charge is -2.08. The largest absolute Gasteiger partial charge is 0.485 e. The third-order valence-electron chi connectivity index (χ3n) is 4.92. The van der Waals surface area contributed by atoms with Crippen LogP contribution in [0.2, 0.25) is 5.02 Å². The van der Waals surface area contributed by atoms with E-state index in [1.165, 1.54) is 16.8 Å². The molecule has 0 saturated heterocycles. The molecule has 0 radical (unpaired) electrons. The normalized spacial score (nSPS) is 10.8. The van der Waals surface area contributed by atoms with Gasteiger partial charge in [-0.2, -0.15) is 5.10 Å². The number of allylic oxidation sites excluding steroid dienone is 1. The highest BCUT2D eigenvalue weighted by molar-refractivity contribution is 9.10. The Labute approximate surface area is 209 Å². The number of anilines is 1. The predicted molar refractivity (Wildman–Crippen MR) is 132 cm³/mol. The Balaban J connectivity index is 1.40. The molecule has 0 unspecified atom stereocenters. The van der Waals surface area contributed by atoms with E-state index in [0.29, 0.717) is 27.2 Å². The molecule has 0 fully saturated rings. The number of benzene rings is 2. The number of ether oxygens (including phenoxy) is 1. The summed E-state index contributed by atoms with van der Waals surface area (Å²) in [5.41, 5.74) is 1.32. The lowest BCUT2D eigenvalue weighted by atomic mass is 10.1. The Kier molecular flexibility index (Phi) is 7.49. The van der Waals surface area contributed by atoms with Crippen molar-refractivity contribution in [1.29, 1.82) is 0 Å². The highest BCUT2D eigenvalue weighted by Crippen LogP contribution is 2.25. The molecule has 0 aliphatic carbocycles. The van der Waals surface area contributed by atoms with Crippen LogP contribution in [0.15, 0.2) is 82.3 Å². The molecule has 9 heteroatoms. The summed E-state index contributed by atoms with van der Waals surface area (Å²) in [6.07, 6.45) is 4.12. The van der Waals surface area contributed by atoms with Crippen molar-refractivity contribution >= 4 is 39.3 Å². The van der Waals surface area contributed by atoms with Gasteiger partial charge in [-0.3, -0.25) is 9.48 Å². The summed E-state index contributed by atoms with van der Waals surface area (Å²) in [6.45, 7) is 4.03. The number of aromatic nitrogens is 2. The molecule has 2 aromatic heterocycles. The van der Waals surface area contributed by atoms with Gasteiger partial charge in [0.2, 0.25) is 0 Å². The van der Waals surface area contributed by atoms with Gasteiger partial charge in [-0.1, -0.05) is 41.9 Å². The van der Waals surface area contributed by atoms with Crippen LogP contribution < -0.4 is 10.1 Å².